The van der Waals surface area contributed by atoms with Crippen molar-refractivity contribution in [3.8, 4) is 0 Å². The van der Waals surface area contributed by atoms with Crippen LogP contribution >= 0.6 is 11.6 Å². The number of hydrogen-bond acceptors (Lipinski definition) is 5. The van der Waals surface area contributed by atoms with Gasteiger partial charge < -0.3 is 19.3 Å². The quantitative estimate of drug-likeness (QED) is 0.570. The molecule has 4 heterocycles. The summed E-state index contributed by atoms with van der Waals surface area (Å²) in [6, 6.07) is 3.58. The summed E-state index contributed by atoms with van der Waals surface area (Å²) in [5.74, 6) is 0.266. The Morgan fingerprint density at radius 2 is 1.83 bits per heavy atom. The van der Waals surface area contributed by atoms with E-state index in [0.29, 0.717) is 57.1 Å². The molecule has 4 aliphatic heterocycles. The molecule has 35 heavy (non-hydrogen) atoms. The van der Waals surface area contributed by atoms with Gasteiger partial charge in [0.2, 0.25) is 0 Å². The average Bonchev–Trinajstić information content (AvgIpc) is 3.07. The summed E-state index contributed by atoms with van der Waals surface area (Å²) in [6.45, 7) is 7.83. The largest absolute Gasteiger partial charge is 0.444 e. The molecule has 3 atom stereocenters. The van der Waals surface area contributed by atoms with E-state index in [9.17, 15) is 14.4 Å². The molecule has 1 aromatic carbocycles. The third kappa shape index (κ3) is 4.87. The number of morpholine rings is 1. The first-order chi connectivity index (χ1) is 16.6. The molecule has 0 N–H and O–H groups in total. The van der Waals surface area contributed by atoms with E-state index in [1.165, 1.54) is 0 Å². The third-order valence-corrected chi connectivity index (χ3v) is 7.71. The topological polar surface area (TPSA) is 79.4 Å². The first-order valence-corrected chi connectivity index (χ1v) is 13.0. The fourth-order valence-corrected chi connectivity index (χ4v) is 6.21. The lowest BCUT2D eigenvalue weighted by molar-refractivity contribution is -0.122. The molecule has 3 amide bonds. The van der Waals surface area contributed by atoms with Gasteiger partial charge in [-0.15, -0.1) is 0 Å². The van der Waals surface area contributed by atoms with E-state index in [0.717, 1.165) is 29.5 Å². The summed E-state index contributed by atoms with van der Waals surface area (Å²) in [5, 5.41) is 0.612. The molecule has 0 aliphatic carbocycles. The molecular weight excluding hydrogens is 470 g/mol. The number of nitrogens with zero attached hydrogens (tertiary/aromatic N) is 3. The van der Waals surface area contributed by atoms with Crippen LogP contribution in [0.4, 0.5) is 9.59 Å². The maximum absolute atomic E-state index is 13.6. The van der Waals surface area contributed by atoms with Gasteiger partial charge >= 0.3 is 12.1 Å². The second-order valence-corrected chi connectivity index (χ2v) is 11.5. The smallest absolute Gasteiger partial charge is 0.410 e. The predicted molar refractivity (Wildman–Crippen MR) is 130 cm³/mol. The number of ketones is 1. The van der Waals surface area contributed by atoms with Crippen LogP contribution in [0.1, 0.15) is 69.2 Å². The highest BCUT2D eigenvalue weighted by atomic mass is 35.5. The van der Waals surface area contributed by atoms with Crippen molar-refractivity contribution in [2.45, 2.75) is 83.1 Å². The summed E-state index contributed by atoms with van der Waals surface area (Å²) in [7, 11) is 0. The Hall–Kier alpha value is -2.32. The summed E-state index contributed by atoms with van der Waals surface area (Å²) in [6.07, 6.45) is 3.06. The van der Waals surface area contributed by atoms with Crippen LogP contribution < -0.4 is 0 Å². The van der Waals surface area contributed by atoms with Crippen molar-refractivity contribution < 1.29 is 23.9 Å². The van der Waals surface area contributed by atoms with Crippen LogP contribution in [-0.2, 0) is 27.2 Å². The highest BCUT2D eigenvalue weighted by molar-refractivity contribution is 6.30. The number of hydrogen-bond donors (Lipinski definition) is 0. The van der Waals surface area contributed by atoms with Crippen molar-refractivity contribution in [3.05, 3.63) is 33.8 Å². The van der Waals surface area contributed by atoms with E-state index in [-0.39, 0.29) is 36.0 Å². The van der Waals surface area contributed by atoms with Crippen LogP contribution in [0.2, 0.25) is 5.02 Å². The van der Waals surface area contributed by atoms with Gasteiger partial charge in [-0.2, -0.15) is 0 Å². The van der Waals surface area contributed by atoms with E-state index in [4.69, 9.17) is 21.1 Å². The molecule has 5 rings (SSSR count). The van der Waals surface area contributed by atoms with Gasteiger partial charge in [0, 0.05) is 49.6 Å². The number of benzene rings is 1. The van der Waals surface area contributed by atoms with Crippen LogP contribution in [0.25, 0.3) is 0 Å². The number of fused-ring (bicyclic) bond motifs is 3. The molecule has 0 spiro atoms. The van der Waals surface area contributed by atoms with Gasteiger partial charge in [0.1, 0.15) is 11.4 Å². The lowest BCUT2D eigenvalue weighted by Crippen LogP contribution is -2.53. The van der Waals surface area contributed by atoms with E-state index >= 15 is 0 Å². The van der Waals surface area contributed by atoms with Gasteiger partial charge in [-0.05, 0) is 68.9 Å². The normalized spacial score (nSPS) is 26.6. The van der Waals surface area contributed by atoms with E-state index in [1.807, 2.05) is 42.7 Å². The van der Waals surface area contributed by atoms with Gasteiger partial charge in [0.15, 0.2) is 0 Å². The number of amides is 3. The maximum Gasteiger partial charge on any atom is 0.410 e. The van der Waals surface area contributed by atoms with Crippen LogP contribution in [0.3, 0.4) is 0 Å². The van der Waals surface area contributed by atoms with E-state index in [1.54, 1.807) is 4.90 Å². The van der Waals surface area contributed by atoms with E-state index < -0.39 is 5.60 Å². The Morgan fingerprint density at radius 3 is 2.51 bits per heavy atom. The number of carbonyl (C=O) groups excluding carboxylic acids is 3. The van der Waals surface area contributed by atoms with Crippen molar-refractivity contribution >= 4 is 29.5 Å². The molecule has 8 nitrogen and oxygen atoms in total. The lowest BCUT2D eigenvalue weighted by Gasteiger charge is -2.41. The molecule has 2 unspecified atom stereocenters. The Kier molecular flexibility index (Phi) is 6.46. The molecule has 9 heteroatoms. The second kappa shape index (κ2) is 9.28. The molecule has 0 aromatic heterocycles. The van der Waals surface area contributed by atoms with Crippen molar-refractivity contribution in [1.29, 1.82) is 0 Å². The Labute approximate surface area is 211 Å². The molecule has 1 aromatic rings. The SMILES string of the molecule is CC(C)(C)OC(=O)N1CCOC[C@H]1c1cc(Cl)cc2c1CN(C(=O)N1C3CCC1CC(=O)C3)CC2. The fraction of sp³-hybridized carbons (Fsp3) is 0.654. The van der Waals surface area contributed by atoms with Crippen molar-refractivity contribution in [2.24, 2.45) is 0 Å². The number of piperidine rings is 1. The Bertz CT molecular complexity index is 1020. The third-order valence-electron chi connectivity index (χ3n) is 7.49. The minimum Gasteiger partial charge on any atom is -0.444 e. The molecule has 3 saturated heterocycles. The number of Topliss-reactive ketones (excluding diaryl/α,β-unsaturated/α-hetero) is 1. The predicted octanol–water partition coefficient (Wildman–Crippen LogP) is 4.32. The second-order valence-electron chi connectivity index (χ2n) is 11.1. The van der Waals surface area contributed by atoms with Gasteiger partial charge in [0.05, 0.1) is 19.3 Å². The zero-order valence-electron chi connectivity index (χ0n) is 20.7. The number of ether oxygens (including phenoxy) is 2. The zero-order chi connectivity index (χ0) is 24.9. The molecule has 4 aliphatic rings. The summed E-state index contributed by atoms with van der Waals surface area (Å²) < 4.78 is 11.5. The number of halogens is 1. The molecule has 190 valence electrons. The van der Waals surface area contributed by atoms with Crippen molar-refractivity contribution in [1.82, 2.24) is 14.7 Å². The minimum atomic E-state index is -0.605. The zero-order valence-corrected chi connectivity index (χ0v) is 21.5. The first kappa shape index (κ1) is 24.4. The molecular formula is C26H34ClN3O5. The average molecular weight is 504 g/mol. The summed E-state index contributed by atoms with van der Waals surface area (Å²) >= 11 is 6.52. The maximum atomic E-state index is 13.6. The molecule has 0 saturated carbocycles. The van der Waals surface area contributed by atoms with Crippen molar-refractivity contribution in [2.75, 3.05) is 26.3 Å². The number of urea groups is 1. The summed E-state index contributed by atoms with van der Waals surface area (Å²) in [5.41, 5.74) is 2.43. The van der Waals surface area contributed by atoms with Gasteiger partial charge in [-0.3, -0.25) is 9.69 Å². The van der Waals surface area contributed by atoms with Crippen molar-refractivity contribution in [3.63, 3.8) is 0 Å². The van der Waals surface area contributed by atoms with Gasteiger partial charge in [0.25, 0.3) is 0 Å². The lowest BCUT2D eigenvalue weighted by atomic mass is 9.90. The Balaban J connectivity index is 1.42. The first-order valence-electron chi connectivity index (χ1n) is 12.6. The molecule has 0 radical (unpaired) electrons. The minimum absolute atomic E-state index is 0.0143. The number of carbonyl (C=O) groups is 3. The number of rotatable bonds is 1. The highest BCUT2D eigenvalue weighted by Crippen LogP contribution is 2.38. The van der Waals surface area contributed by atoms with Crippen LogP contribution in [-0.4, -0.2) is 76.6 Å². The molecule has 3 fully saturated rings. The van der Waals surface area contributed by atoms with E-state index in [2.05, 4.69) is 0 Å². The Morgan fingerprint density at radius 1 is 1.11 bits per heavy atom. The summed E-state index contributed by atoms with van der Waals surface area (Å²) in [4.78, 5) is 44.3. The van der Waals surface area contributed by atoms with Gasteiger partial charge in [-0.25, -0.2) is 9.59 Å². The van der Waals surface area contributed by atoms with Crippen LogP contribution in [0.15, 0.2) is 12.1 Å². The monoisotopic (exact) mass is 503 g/mol. The molecule has 2 bridgehead atoms. The highest BCUT2D eigenvalue weighted by Gasteiger charge is 2.45. The van der Waals surface area contributed by atoms with Crippen LogP contribution in [0.5, 0.6) is 0 Å². The standard InChI is InChI=1S/C26H34ClN3O5/c1-26(2,3)35-25(33)29-8-9-34-15-23(29)21-11-17(27)10-16-6-7-28(14-22(16)21)24(32)30-18-4-5-19(30)13-20(31)12-18/h10-11,18-19,23H,4-9,12-15H2,1-3H3/t18?,19?,23-/m0/s1. The fourth-order valence-electron chi connectivity index (χ4n) is 5.97. The van der Waals surface area contributed by atoms with Gasteiger partial charge in [-0.1, -0.05) is 11.6 Å². The van der Waals surface area contributed by atoms with Crippen LogP contribution in [0, 0.1) is 0 Å².